The highest BCUT2D eigenvalue weighted by atomic mass is 28.5. The lowest BCUT2D eigenvalue weighted by Crippen LogP contribution is -2.67. The van der Waals surface area contributed by atoms with Gasteiger partial charge in [0.1, 0.15) is 0 Å². The Labute approximate surface area is 245 Å². The summed E-state index contributed by atoms with van der Waals surface area (Å²) in [6.07, 6.45) is 15.4. The van der Waals surface area contributed by atoms with E-state index >= 15 is 0 Å². The molecule has 1 rings (SSSR count). The molecule has 0 aliphatic carbocycles. The van der Waals surface area contributed by atoms with Gasteiger partial charge in [-0.15, -0.1) is 19.7 Å². The molecule has 0 N–H and O–H groups in total. The Morgan fingerprint density at radius 1 is 0.513 bits per heavy atom. The molecule has 0 spiro atoms. The zero-order valence-electron chi connectivity index (χ0n) is 26.1. The lowest BCUT2D eigenvalue weighted by Gasteiger charge is -2.50. The highest BCUT2D eigenvalue weighted by Crippen LogP contribution is 2.40. The second-order valence-electron chi connectivity index (χ2n) is 11.3. The Bertz CT molecular complexity index is 697. The second kappa shape index (κ2) is 17.9. The highest BCUT2D eigenvalue weighted by molar-refractivity contribution is 6.94. The number of hydrogen-bond acceptors (Lipinski definition) is 7. The van der Waals surface area contributed by atoms with E-state index in [4.69, 9.17) is 29.7 Å². The second-order valence-corrected chi connectivity index (χ2v) is 28.8. The van der Waals surface area contributed by atoms with Crippen LogP contribution in [0.3, 0.4) is 0 Å². The van der Waals surface area contributed by atoms with Crippen molar-refractivity contribution in [3.63, 3.8) is 0 Å². The zero-order chi connectivity index (χ0) is 29.5. The molecule has 39 heavy (non-hydrogen) atoms. The SMILES string of the molecule is C=CCCCC[Si]1(C)O[Si](C)(CCCCC=C)O[Si](C)(CC[Si](OC)(OC)OC)O[Si](C)(CCCCC=C)O1. The molecule has 0 aromatic carbocycles. The molecule has 1 heterocycles. The van der Waals surface area contributed by atoms with Crippen molar-refractivity contribution in [2.75, 3.05) is 21.3 Å². The molecular weight excluding hydrogens is 577 g/mol. The van der Waals surface area contributed by atoms with Gasteiger partial charge in [-0.1, -0.05) is 37.5 Å². The van der Waals surface area contributed by atoms with Gasteiger partial charge < -0.3 is 29.7 Å². The van der Waals surface area contributed by atoms with E-state index in [0.29, 0.717) is 12.1 Å². The first-order chi connectivity index (χ1) is 18.4. The van der Waals surface area contributed by atoms with Gasteiger partial charge in [-0.3, -0.25) is 0 Å². The fourth-order valence-corrected chi connectivity index (χ4v) is 32.3. The molecule has 0 aromatic heterocycles. The third kappa shape index (κ3) is 13.3. The van der Waals surface area contributed by atoms with Crippen molar-refractivity contribution in [1.82, 2.24) is 0 Å². The van der Waals surface area contributed by atoms with Crippen LogP contribution in [0.25, 0.3) is 0 Å². The fourth-order valence-electron chi connectivity index (χ4n) is 5.46. The Balaban J connectivity index is 3.38. The zero-order valence-corrected chi connectivity index (χ0v) is 31.1. The minimum absolute atomic E-state index is 0.636. The molecule has 1 aliphatic heterocycles. The van der Waals surface area contributed by atoms with Crippen LogP contribution in [0.2, 0.25) is 56.4 Å². The third-order valence-corrected chi connectivity index (χ3v) is 29.4. The lowest BCUT2D eigenvalue weighted by atomic mass is 10.2. The molecule has 0 radical (unpaired) electrons. The minimum atomic E-state index is -2.79. The van der Waals surface area contributed by atoms with Gasteiger partial charge in [-0.05, 0) is 88.9 Å². The summed E-state index contributed by atoms with van der Waals surface area (Å²) in [6, 6.07) is 4.14. The standard InChI is InChI=1S/C27H58O7Si5/c1-11-14-17-20-23-35(7)31-36(8,24-21-18-15-12-2)33-38(10,26-27-39(28-4,29-5)30-6)34-37(9,32-35)25-22-19-16-13-3/h11-13H,1-3,14-27H2,4-10H3. The first-order valence-corrected chi connectivity index (χ1v) is 26.7. The van der Waals surface area contributed by atoms with E-state index in [1.54, 1.807) is 21.3 Å². The van der Waals surface area contributed by atoms with Gasteiger partial charge in [0.05, 0.1) is 0 Å². The number of allylic oxidation sites excluding steroid dienone is 3. The van der Waals surface area contributed by atoms with Crippen LogP contribution in [0.5, 0.6) is 0 Å². The molecule has 0 amide bonds. The van der Waals surface area contributed by atoms with Gasteiger partial charge in [0.25, 0.3) is 0 Å². The van der Waals surface area contributed by atoms with Crippen LogP contribution in [0.15, 0.2) is 38.0 Å². The van der Waals surface area contributed by atoms with Crippen molar-refractivity contribution in [3.8, 4) is 0 Å². The first kappa shape index (κ1) is 37.1. The molecule has 1 aliphatic rings. The number of unbranched alkanes of at least 4 members (excludes halogenated alkanes) is 6. The highest BCUT2D eigenvalue weighted by Gasteiger charge is 2.57. The van der Waals surface area contributed by atoms with Crippen LogP contribution in [-0.4, -0.2) is 64.4 Å². The molecule has 228 valence electrons. The smallest absolute Gasteiger partial charge is 0.416 e. The van der Waals surface area contributed by atoms with Crippen LogP contribution in [-0.2, 0) is 29.7 Å². The van der Waals surface area contributed by atoms with E-state index in [-0.39, 0.29) is 0 Å². The van der Waals surface area contributed by atoms with Crippen LogP contribution in [0, 0.1) is 0 Å². The number of hydrogen-bond donors (Lipinski definition) is 0. The summed E-state index contributed by atoms with van der Waals surface area (Å²) in [4.78, 5) is 0. The largest absolute Gasteiger partial charge is 0.500 e. The fraction of sp³-hybridized carbons (Fsp3) is 0.778. The predicted octanol–water partition coefficient (Wildman–Crippen LogP) is 8.30. The average molecular weight is 635 g/mol. The quantitative estimate of drug-likeness (QED) is 0.0715. The van der Waals surface area contributed by atoms with E-state index in [9.17, 15) is 0 Å². The van der Waals surface area contributed by atoms with Crippen molar-refractivity contribution in [2.24, 2.45) is 0 Å². The van der Waals surface area contributed by atoms with Gasteiger partial charge in [0.15, 0.2) is 0 Å². The molecule has 2 unspecified atom stereocenters. The molecule has 7 nitrogen and oxygen atoms in total. The summed E-state index contributed by atoms with van der Waals surface area (Å²) in [5.41, 5.74) is 0. The van der Waals surface area contributed by atoms with Gasteiger partial charge in [0.2, 0.25) is 0 Å². The van der Waals surface area contributed by atoms with E-state index in [1.807, 2.05) is 18.2 Å². The summed E-state index contributed by atoms with van der Waals surface area (Å²) < 4.78 is 46.2. The summed E-state index contributed by atoms with van der Waals surface area (Å²) >= 11 is 0. The van der Waals surface area contributed by atoms with Gasteiger partial charge in [-0.25, -0.2) is 0 Å². The Hall–Kier alpha value is 0.0244. The summed E-state index contributed by atoms with van der Waals surface area (Å²) in [6.45, 7) is 20.6. The maximum absolute atomic E-state index is 7.24. The monoisotopic (exact) mass is 634 g/mol. The lowest BCUT2D eigenvalue weighted by molar-refractivity contribution is 0.124. The van der Waals surface area contributed by atoms with Gasteiger partial charge in [0, 0.05) is 27.4 Å². The average Bonchev–Trinajstić information content (AvgIpc) is 2.87. The van der Waals surface area contributed by atoms with Crippen LogP contribution in [0.1, 0.15) is 57.8 Å². The van der Waals surface area contributed by atoms with E-state index in [1.165, 1.54) is 0 Å². The van der Waals surface area contributed by atoms with E-state index in [0.717, 1.165) is 75.9 Å². The summed E-state index contributed by atoms with van der Waals surface area (Å²) in [5.74, 6) is 0. The van der Waals surface area contributed by atoms with Crippen LogP contribution in [0.4, 0.5) is 0 Å². The molecule has 0 aromatic rings. The van der Waals surface area contributed by atoms with Crippen molar-refractivity contribution in [3.05, 3.63) is 38.0 Å². The molecule has 0 saturated carbocycles. The Kier molecular flexibility index (Phi) is 17.0. The van der Waals surface area contributed by atoms with Crippen molar-refractivity contribution >= 4 is 43.0 Å². The van der Waals surface area contributed by atoms with Gasteiger partial charge >= 0.3 is 43.0 Å². The molecule has 12 heteroatoms. The van der Waals surface area contributed by atoms with Crippen LogP contribution < -0.4 is 0 Å². The van der Waals surface area contributed by atoms with E-state index in [2.05, 4.69) is 45.9 Å². The third-order valence-electron chi connectivity index (χ3n) is 7.41. The molecule has 0 bridgehead atoms. The molecule has 2 atom stereocenters. The normalized spacial score (nSPS) is 29.9. The number of rotatable bonds is 21. The summed E-state index contributed by atoms with van der Waals surface area (Å²) in [5, 5.41) is 0. The predicted molar refractivity (Wildman–Crippen MR) is 174 cm³/mol. The van der Waals surface area contributed by atoms with E-state index < -0.39 is 43.0 Å². The molecule has 1 fully saturated rings. The molecule has 1 saturated heterocycles. The van der Waals surface area contributed by atoms with Crippen molar-refractivity contribution < 1.29 is 29.7 Å². The van der Waals surface area contributed by atoms with Crippen molar-refractivity contribution in [1.29, 1.82) is 0 Å². The topological polar surface area (TPSA) is 64.6 Å². The maximum Gasteiger partial charge on any atom is 0.500 e. The Morgan fingerprint density at radius 2 is 0.795 bits per heavy atom. The summed E-state index contributed by atoms with van der Waals surface area (Å²) in [7, 11) is -8.37. The first-order valence-electron chi connectivity index (χ1n) is 14.7. The minimum Gasteiger partial charge on any atom is -0.416 e. The van der Waals surface area contributed by atoms with Crippen LogP contribution >= 0.6 is 0 Å². The Morgan fingerprint density at radius 3 is 1.05 bits per heavy atom. The maximum atomic E-state index is 7.24. The van der Waals surface area contributed by atoms with Gasteiger partial charge in [-0.2, -0.15) is 0 Å². The van der Waals surface area contributed by atoms with Crippen molar-refractivity contribution in [2.45, 2.75) is 114 Å². The molecular formula is C27H58O7Si5.